The van der Waals surface area contributed by atoms with Gasteiger partial charge in [0.05, 0.1) is 0 Å². The third-order valence-electron chi connectivity index (χ3n) is 4.66. The van der Waals surface area contributed by atoms with Crippen molar-refractivity contribution in [3.8, 4) is 0 Å². The summed E-state index contributed by atoms with van der Waals surface area (Å²) in [6.45, 7) is 4.36. The van der Waals surface area contributed by atoms with E-state index in [2.05, 4.69) is 47.3 Å². The lowest BCUT2D eigenvalue weighted by Crippen LogP contribution is -2.49. The number of nitrogens with one attached hydrogen (secondary N) is 1. The summed E-state index contributed by atoms with van der Waals surface area (Å²) in [5, 5.41) is 1.40. The number of fused-ring (bicyclic) bond motifs is 2. The number of aromatic amines is 1. The van der Waals surface area contributed by atoms with E-state index in [4.69, 9.17) is 5.73 Å². The van der Waals surface area contributed by atoms with Crippen molar-refractivity contribution in [2.75, 3.05) is 13.1 Å². The highest BCUT2D eigenvalue weighted by Crippen LogP contribution is 2.40. The molecule has 0 spiro atoms. The summed E-state index contributed by atoms with van der Waals surface area (Å²) in [5.41, 5.74) is 11.8. The smallest absolute Gasteiger partial charge is 0.0462 e. The van der Waals surface area contributed by atoms with Crippen LogP contribution in [0.2, 0.25) is 0 Å². The Kier molecular flexibility index (Phi) is 2.72. The molecule has 4 rings (SSSR count). The highest BCUT2D eigenvalue weighted by atomic mass is 15.2. The molecule has 0 saturated carbocycles. The molecule has 0 radical (unpaired) electrons. The van der Waals surface area contributed by atoms with Gasteiger partial charge >= 0.3 is 0 Å². The third-order valence-corrected chi connectivity index (χ3v) is 4.66. The Labute approximate surface area is 119 Å². The molecular weight excluding hydrogens is 246 g/mol. The number of nitrogens with two attached hydrogens (primary N) is 1. The molecule has 1 aromatic carbocycles. The minimum atomic E-state index is 0.156. The molecule has 1 aliphatic carbocycles. The zero-order valence-electron chi connectivity index (χ0n) is 11.9. The van der Waals surface area contributed by atoms with Gasteiger partial charge in [0.1, 0.15) is 0 Å². The molecule has 0 fully saturated rings. The molecule has 1 aliphatic heterocycles. The second-order valence-corrected chi connectivity index (χ2v) is 6.04. The van der Waals surface area contributed by atoms with Crippen molar-refractivity contribution in [3.63, 3.8) is 0 Å². The Balaban J connectivity index is 1.89. The molecule has 3 heteroatoms. The van der Waals surface area contributed by atoms with Gasteiger partial charge in [0.25, 0.3) is 0 Å². The van der Waals surface area contributed by atoms with Crippen LogP contribution >= 0.6 is 0 Å². The van der Waals surface area contributed by atoms with Crippen LogP contribution in [0, 0.1) is 0 Å². The Bertz CT molecular complexity index is 683. The van der Waals surface area contributed by atoms with Gasteiger partial charge in [0, 0.05) is 35.7 Å². The standard InChI is InChI=1S/C17H21N3/c1-2-6-20-10-12(18)8-14-13-4-3-5-15-17(13)11(9-19-15)7-16(14)20/h3-5,8-9,12,16,19H,2,6-7,10,18H2,1H3/t12?,16-/m1/s1. The average molecular weight is 267 g/mol. The number of nitrogens with zero attached hydrogens (tertiary/aromatic N) is 1. The number of H-pyrrole nitrogens is 1. The van der Waals surface area contributed by atoms with Crippen molar-refractivity contribution in [3.05, 3.63) is 41.6 Å². The number of hydrogen-bond donors (Lipinski definition) is 2. The maximum absolute atomic E-state index is 6.26. The normalized spacial score (nSPS) is 25.6. The van der Waals surface area contributed by atoms with Crippen molar-refractivity contribution >= 4 is 16.5 Å². The molecule has 104 valence electrons. The van der Waals surface area contributed by atoms with Gasteiger partial charge in [-0.05, 0) is 42.2 Å². The maximum atomic E-state index is 6.26. The van der Waals surface area contributed by atoms with Crippen LogP contribution in [0.4, 0.5) is 0 Å². The van der Waals surface area contributed by atoms with Crippen molar-refractivity contribution in [2.24, 2.45) is 5.73 Å². The molecule has 0 bridgehead atoms. The van der Waals surface area contributed by atoms with Crippen LogP contribution in [0.3, 0.4) is 0 Å². The molecular formula is C17H21N3. The van der Waals surface area contributed by atoms with Crippen LogP contribution in [-0.2, 0) is 6.42 Å². The number of hydrogen-bond acceptors (Lipinski definition) is 2. The van der Waals surface area contributed by atoms with Gasteiger partial charge < -0.3 is 10.7 Å². The molecule has 20 heavy (non-hydrogen) atoms. The molecule has 1 aromatic heterocycles. The van der Waals surface area contributed by atoms with Crippen molar-refractivity contribution in [1.82, 2.24) is 9.88 Å². The number of rotatable bonds is 2. The van der Waals surface area contributed by atoms with Crippen molar-refractivity contribution in [2.45, 2.75) is 31.8 Å². The second-order valence-electron chi connectivity index (χ2n) is 6.04. The minimum absolute atomic E-state index is 0.156. The Morgan fingerprint density at radius 1 is 1.40 bits per heavy atom. The van der Waals surface area contributed by atoms with Crippen molar-refractivity contribution in [1.29, 1.82) is 0 Å². The van der Waals surface area contributed by atoms with Crippen LogP contribution < -0.4 is 5.73 Å². The van der Waals surface area contributed by atoms with E-state index >= 15 is 0 Å². The van der Waals surface area contributed by atoms with E-state index in [9.17, 15) is 0 Å². The van der Waals surface area contributed by atoms with Gasteiger partial charge in [-0.3, -0.25) is 4.90 Å². The number of benzene rings is 1. The topological polar surface area (TPSA) is 45.0 Å². The highest BCUT2D eigenvalue weighted by molar-refractivity contribution is 5.98. The van der Waals surface area contributed by atoms with E-state index in [1.807, 2.05) is 0 Å². The predicted octanol–water partition coefficient (Wildman–Crippen LogP) is 2.53. The lowest BCUT2D eigenvalue weighted by atomic mass is 9.81. The van der Waals surface area contributed by atoms with Crippen LogP contribution in [0.15, 0.2) is 30.5 Å². The molecule has 3 N–H and O–H groups in total. The first-order valence-corrected chi connectivity index (χ1v) is 7.58. The lowest BCUT2D eigenvalue weighted by molar-refractivity contribution is 0.219. The van der Waals surface area contributed by atoms with E-state index in [0.29, 0.717) is 6.04 Å². The monoisotopic (exact) mass is 267 g/mol. The van der Waals surface area contributed by atoms with E-state index in [-0.39, 0.29) is 6.04 Å². The summed E-state index contributed by atoms with van der Waals surface area (Å²) < 4.78 is 0. The molecule has 0 saturated heterocycles. The molecule has 3 nitrogen and oxygen atoms in total. The Hall–Kier alpha value is -1.58. The zero-order valence-corrected chi connectivity index (χ0v) is 11.9. The number of aromatic nitrogens is 1. The van der Waals surface area contributed by atoms with Gasteiger partial charge in [0.15, 0.2) is 0 Å². The first kappa shape index (κ1) is 12.2. The van der Waals surface area contributed by atoms with E-state index in [1.54, 1.807) is 0 Å². The molecule has 2 aromatic rings. The summed E-state index contributed by atoms with van der Waals surface area (Å²) in [6, 6.07) is 7.22. The largest absolute Gasteiger partial charge is 0.361 e. The fourth-order valence-electron chi connectivity index (χ4n) is 3.90. The predicted molar refractivity (Wildman–Crippen MR) is 83.6 cm³/mol. The molecule has 2 atom stereocenters. The van der Waals surface area contributed by atoms with Crippen LogP contribution in [-0.4, -0.2) is 35.1 Å². The summed E-state index contributed by atoms with van der Waals surface area (Å²) in [7, 11) is 0. The van der Waals surface area contributed by atoms with E-state index in [0.717, 1.165) is 19.5 Å². The Morgan fingerprint density at radius 3 is 3.15 bits per heavy atom. The lowest BCUT2D eigenvalue weighted by Gasteiger charge is -2.41. The third kappa shape index (κ3) is 1.67. The average Bonchev–Trinajstić information content (AvgIpc) is 2.85. The molecule has 2 heterocycles. The summed E-state index contributed by atoms with van der Waals surface area (Å²) >= 11 is 0. The Morgan fingerprint density at radius 2 is 2.30 bits per heavy atom. The van der Waals surface area contributed by atoms with Crippen LogP contribution in [0.1, 0.15) is 24.5 Å². The maximum Gasteiger partial charge on any atom is 0.0462 e. The van der Waals surface area contributed by atoms with Crippen LogP contribution in [0.5, 0.6) is 0 Å². The highest BCUT2D eigenvalue weighted by Gasteiger charge is 2.33. The summed E-state index contributed by atoms with van der Waals surface area (Å²) in [4.78, 5) is 5.97. The quantitative estimate of drug-likeness (QED) is 0.878. The summed E-state index contributed by atoms with van der Waals surface area (Å²) in [5.74, 6) is 0. The van der Waals surface area contributed by atoms with Crippen molar-refractivity contribution < 1.29 is 0 Å². The minimum Gasteiger partial charge on any atom is -0.361 e. The molecule has 1 unspecified atom stereocenters. The zero-order chi connectivity index (χ0) is 13.7. The van der Waals surface area contributed by atoms with Gasteiger partial charge in [-0.15, -0.1) is 0 Å². The molecule has 0 amide bonds. The first-order valence-electron chi connectivity index (χ1n) is 7.58. The van der Waals surface area contributed by atoms with Gasteiger partial charge in [-0.1, -0.05) is 25.1 Å². The van der Waals surface area contributed by atoms with Gasteiger partial charge in [0.2, 0.25) is 0 Å². The summed E-state index contributed by atoms with van der Waals surface area (Å²) in [6.07, 6.45) is 6.77. The second kappa shape index (κ2) is 4.47. The van der Waals surface area contributed by atoms with E-state index < -0.39 is 0 Å². The SMILES string of the molecule is CCCN1CC(N)C=C2c3cccc4[nH]cc(c34)C[C@H]21. The van der Waals surface area contributed by atoms with Crippen LogP contribution in [0.25, 0.3) is 16.5 Å². The fourth-order valence-corrected chi connectivity index (χ4v) is 3.90. The first-order chi connectivity index (χ1) is 9.78. The van der Waals surface area contributed by atoms with Gasteiger partial charge in [-0.2, -0.15) is 0 Å². The van der Waals surface area contributed by atoms with Gasteiger partial charge in [-0.25, -0.2) is 0 Å². The fraction of sp³-hybridized carbons (Fsp3) is 0.412. The van der Waals surface area contributed by atoms with E-state index in [1.165, 1.54) is 34.0 Å². The molecule has 2 aliphatic rings.